The molecule has 0 aliphatic carbocycles. The summed E-state index contributed by atoms with van der Waals surface area (Å²) in [6, 6.07) is 0. The topological polar surface area (TPSA) is 18.5 Å². The molecule has 0 fully saturated rings. The molecule has 0 unspecified atom stereocenters. The van der Waals surface area contributed by atoms with Crippen LogP contribution >= 0.6 is 0 Å². The van der Waals surface area contributed by atoms with Crippen LogP contribution in [0.25, 0.3) is 0 Å². The summed E-state index contributed by atoms with van der Waals surface area (Å²) in [5.74, 6) is -17.9. The van der Waals surface area contributed by atoms with Crippen molar-refractivity contribution in [2.75, 3.05) is 0 Å². The Labute approximate surface area is 173 Å². The van der Waals surface area contributed by atoms with E-state index in [4.69, 9.17) is 9.47 Å². The molecule has 156 valence electrons. The van der Waals surface area contributed by atoms with E-state index in [0.29, 0.717) is 0 Å². The van der Waals surface area contributed by atoms with Crippen molar-refractivity contribution in [2.24, 2.45) is 0 Å². The molecule has 0 aliphatic rings. The summed E-state index contributed by atoms with van der Waals surface area (Å²) in [6.45, 7) is 5.39. The van der Waals surface area contributed by atoms with Crippen LogP contribution in [0, 0.1) is 46.5 Å². The van der Waals surface area contributed by atoms with Crippen molar-refractivity contribution >= 4 is 6.14 Å². The molecule has 11 heteroatoms. The molecule has 0 bridgehead atoms. The maximum atomic E-state index is 14.3. The van der Waals surface area contributed by atoms with Crippen LogP contribution in [-0.2, 0) is 24.6 Å². The fourth-order valence-electron chi connectivity index (χ4n) is 2.48. The minimum atomic E-state index is -4.04. The first kappa shape index (κ1) is 23.7. The van der Waals surface area contributed by atoms with Crippen LogP contribution in [0.5, 0.6) is 11.5 Å². The molecular formula is C18H14F8HgO2. The Hall–Kier alpha value is -1.58. The third-order valence-corrected chi connectivity index (χ3v) is 11.3. The van der Waals surface area contributed by atoms with Crippen LogP contribution in [0.1, 0.15) is 27.7 Å². The molecule has 29 heavy (non-hydrogen) atoms. The predicted molar refractivity (Wildman–Crippen MR) is 83.3 cm³/mol. The predicted octanol–water partition coefficient (Wildman–Crippen LogP) is 4.41. The van der Waals surface area contributed by atoms with Gasteiger partial charge < -0.3 is 0 Å². The van der Waals surface area contributed by atoms with Gasteiger partial charge in [-0.15, -0.1) is 0 Å². The summed E-state index contributed by atoms with van der Waals surface area (Å²) >= 11 is -4.04. The van der Waals surface area contributed by atoms with E-state index in [2.05, 4.69) is 0 Å². The Morgan fingerprint density at radius 3 is 0.931 bits per heavy atom. The van der Waals surface area contributed by atoms with Crippen molar-refractivity contribution in [3.05, 3.63) is 46.5 Å². The van der Waals surface area contributed by atoms with E-state index in [1.54, 1.807) is 0 Å². The first-order valence-electron chi connectivity index (χ1n) is 8.41. The third kappa shape index (κ3) is 4.61. The summed E-state index contributed by atoms with van der Waals surface area (Å²) in [5.41, 5.74) is 0. The molecule has 0 N–H and O–H groups in total. The van der Waals surface area contributed by atoms with Gasteiger partial charge in [-0.2, -0.15) is 0 Å². The van der Waals surface area contributed by atoms with Gasteiger partial charge in [0.05, 0.1) is 0 Å². The van der Waals surface area contributed by atoms with Crippen LogP contribution < -0.4 is 15.6 Å². The zero-order valence-electron chi connectivity index (χ0n) is 15.7. The van der Waals surface area contributed by atoms with Crippen LogP contribution in [-0.4, -0.2) is 12.2 Å². The number of benzene rings is 2. The summed E-state index contributed by atoms with van der Waals surface area (Å²) in [4.78, 5) is 0. The number of hydrogen-bond donors (Lipinski definition) is 0. The van der Waals surface area contributed by atoms with E-state index < -0.39 is 101 Å². The number of halogens is 8. The van der Waals surface area contributed by atoms with Crippen LogP contribution in [0.15, 0.2) is 0 Å². The molecule has 0 spiro atoms. The zero-order chi connectivity index (χ0) is 22.2. The van der Waals surface area contributed by atoms with E-state index in [-0.39, 0.29) is 0 Å². The second kappa shape index (κ2) is 9.05. The van der Waals surface area contributed by atoms with Crippen molar-refractivity contribution < 1.29 is 69.2 Å². The maximum absolute atomic E-state index is 14.3. The van der Waals surface area contributed by atoms with Crippen molar-refractivity contribution in [3.8, 4) is 11.5 Å². The molecule has 0 saturated carbocycles. The normalized spacial score (nSPS) is 11.2. The van der Waals surface area contributed by atoms with Gasteiger partial charge in [-0.05, 0) is 0 Å². The Kier molecular flexibility index (Phi) is 7.40. The number of ether oxygens (including phenoxy) is 2. The van der Waals surface area contributed by atoms with Gasteiger partial charge in [0.25, 0.3) is 0 Å². The van der Waals surface area contributed by atoms with Crippen molar-refractivity contribution in [3.63, 3.8) is 0 Å². The molecule has 0 saturated heterocycles. The van der Waals surface area contributed by atoms with Crippen molar-refractivity contribution in [1.82, 2.24) is 0 Å². The van der Waals surface area contributed by atoms with Gasteiger partial charge in [0, 0.05) is 0 Å². The SMILES string of the molecule is CC(C)Oc1c(F)c(F)[c]([Hg][c]2c(F)c(F)c(OC(C)C)c(F)c2F)c(F)c1F. The van der Waals surface area contributed by atoms with Gasteiger partial charge in [0.2, 0.25) is 0 Å². The Morgan fingerprint density at radius 1 is 0.483 bits per heavy atom. The Morgan fingerprint density at radius 2 is 0.724 bits per heavy atom. The molecule has 2 nitrogen and oxygen atoms in total. The molecule has 2 aromatic rings. The van der Waals surface area contributed by atoms with Gasteiger partial charge in [0.1, 0.15) is 0 Å². The van der Waals surface area contributed by atoms with Gasteiger partial charge >= 0.3 is 173 Å². The zero-order valence-corrected chi connectivity index (χ0v) is 21.2. The van der Waals surface area contributed by atoms with E-state index in [9.17, 15) is 35.1 Å². The fourth-order valence-corrected chi connectivity index (χ4v) is 8.68. The summed E-state index contributed by atoms with van der Waals surface area (Å²) < 4.78 is 120. The van der Waals surface area contributed by atoms with E-state index in [1.165, 1.54) is 27.7 Å². The molecular weight excluding hydrogens is 601 g/mol. The molecule has 0 heterocycles. The van der Waals surface area contributed by atoms with Gasteiger partial charge in [0.15, 0.2) is 0 Å². The first-order chi connectivity index (χ1) is 13.4. The molecule has 0 atom stereocenters. The molecule has 0 aliphatic heterocycles. The van der Waals surface area contributed by atoms with Gasteiger partial charge in [-0.3, -0.25) is 0 Å². The van der Waals surface area contributed by atoms with Gasteiger partial charge in [-0.25, -0.2) is 0 Å². The second-order valence-corrected chi connectivity index (χ2v) is 13.5. The quantitative estimate of drug-likeness (QED) is 0.273. The number of rotatable bonds is 6. The van der Waals surface area contributed by atoms with Gasteiger partial charge in [-0.1, -0.05) is 0 Å². The monoisotopic (exact) mass is 616 g/mol. The fraction of sp³-hybridized carbons (Fsp3) is 0.333. The van der Waals surface area contributed by atoms with Crippen LogP contribution in [0.3, 0.4) is 0 Å². The average molecular weight is 615 g/mol. The Balaban J connectivity index is 2.64. The molecule has 0 amide bonds. The van der Waals surface area contributed by atoms with E-state index in [0.717, 1.165) is 0 Å². The molecule has 0 radical (unpaired) electrons. The van der Waals surface area contributed by atoms with Crippen molar-refractivity contribution in [1.29, 1.82) is 0 Å². The molecule has 2 aromatic carbocycles. The average Bonchev–Trinajstić information content (AvgIpc) is 2.64. The summed E-state index contributed by atoms with van der Waals surface area (Å²) in [5, 5.41) is 0. The number of hydrogen-bond acceptors (Lipinski definition) is 2. The van der Waals surface area contributed by atoms with Crippen molar-refractivity contribution in [2.45, 2.75) is 39.9 Å². The molecule has 2 rings (SSSR count). The van der Waals surface area contributed by atoms with Crippen LogP contribution in [0.2, 0.25) is 0 Å². The Bertz CT molecular complexity index is 813. The first-order valence-corrected chi connectivity index (χ1v) is 13.9. The van der Waals surface area contributed by atoms with Crippen LogP contribution in [0.4, 0.5) is 35.1 Å². The molecule has 0 aromatic heterocycles. The third-order valence-electron chi connectivity index (χ3n) is 3.69. The summed E-state index contributed by atoms with van der Waals surface area (Å²) in [6.07, 6.45) is -1.67. The standard InChI is InChI=1S/2C9H7F4O.Hg/c2*1-4(2)14-9-7(12)5(10)3-6(11)8(9)13;/h2*4H,1-2H3;. The summed E-state index contributed by atoms with van der Waals surface area (Å²) in [7, 11) is 0. The van der Waals surface area contributed by atoms with E-state index >= 15 is 0 Å². The second-order valence-electron chi connectivity index (χ2n) is 6.64. The minimum absolute atomic E-state index is 0.833. The van der Waals surface area contributed by atoms with E-state index in [1.807, 2.05) is 0 Å².